The van der Waals surface area contributed by atoms with E-state index in [9.17, 15) is 0 Å². The fraction of sp³-hybridized carbons (Fsp3) is 0.385. The topological polar surface area (TPSA) is 17.0 Å². The highest BCUT2D eigenvalue weighted by molar-refractivity contribution is 5.86. The van der Waals surface area contributed by atoms with Crippen LogP contribution in [0, 0.1) is 6.92 Å². The highest BCUT2D eigenvalue weighted by Crippen LogP contribution is 2.28. The lowest BCUT2D eigenvalue weighted by molar-refractivity contribution is 0.614. The third-order valence-electron chi connectivity index (χ3n) is 3.44. The molecule has 1 N–H and O–H groups in total. The fourth-order valence-electron chi connectivity index (χ4n) is 2.60. The van der Waals surface area contributed by atoms with Crippen molar-refractivity contribution in [2.75, 3.05) is 6.54 Å². The molecule has 1 aliphatic rings. The highest BCUT2D eigenvalue weighted by Gasteiger charge is 2.17. The van der Waals surface area contributed by atoms with Gasteiger partial charge in [-0.15, -0.1) is 0 Å². The van der Waals surface area contributed by atoms with E-state index in [1.807, 2.05) is 0 Å². The zero-order valence-electron chi connectivity index (χ0n) is 9.30. The minimum atomic E-state index is 1.01. The van der Waals surface area contributed by atoms with Crippen LogP contribution in [-0.4, -0.2) is 11.1 Å². The molecule has 1 aliphatic heterocycles. The van der Waals surface area contributed by atoms with Crippen LogP contribution in [0.5, 0.6) is 0 Å². The molecule has 0 bridgehead atoms. The van der Waals surface area contributed by atoms with Gasteiger partial charge in [0.05, 0.1) is 0 Å². The van der Waals surface area contributed by atoms with Gasteiger partial charge in [-0.25, -0.2) is 0 Å². The summed E-state index contributed by atoms with van der Waals surface area (Å²) in [5, 5.41) is 4.88. The van der Waals surface area contributed by atoms with Crippen molar-refractivity contribution in [3.63, 3.8) is 0 Å². The van der Waals surface area contributed by atoms with Crippen LogP contribution >= 0.6 is 0 Å². The molecule has 3 rings (SSSR count). The van der Waals surface area contributed by atoms with Crippen molar-refractivity contribution in [1.29, 1.82) is 0 Å². The molecule has 0 unspecified atom stereocenters. The molecule has 0 radical (unpaired) electrons. The Morgan fingerprint density at radius 1 is 1.33 bits per heavy atom. The summed E-state index contributed by atoms with van der Waals surface area (Å²) >= 11 is 0. The Labute approximate surface area is 89.9 Å². The average molecular weight is 200 g/mol. The first-order valence-corrected chi connectivity index (χ1v) is 5.55. The molecule has 0 saturated heterocycles. The smallest absolute Gasteiger partial charge is 0.0485 e. The van der Waals surface area contributed by atoms with Gasteiger partial charge >= 0.3 is 0 Å². The van der Waals surface area contributed by atoms with Crippen molar-refractivity contribution in [1.82, 2.24) is 9.88 Å². The van der Waals surface area contributed by atoms with Crippen LogP contribution in [0.15, 0.2) is 18.2 Å². The molecular weight excluding hydrogens is 184 g/mol. The van der Waals surface area contributed by atoms with Crippen molar-refractivity contribution < 1.29 is 0 Å². The molecule has 0 fully saturated rings. The van der Waals surface area contributed by atoms with Crippen molar-refractivity contribution in [3.05, 3.63) is 35.0 Å². The Balaban J connectivity index is 2.38. The predicted molar refractivity (Wildman–Crippen MR) is 63.1 cm³/mol. The van der Waals surface area contributed by atoms with E-state index < -0.39 is 0 Å². The second-order valence-electron chi connectivity index (χ2n) is 4.43. The zero-order chi connectivity index (χ0) is 10.4. The van der Waals surface area contributed by atoms with Gasteiger partial charge in [-0.1, -0.05) is 12.1 Å². The predicted octanol–water partition coefficient (Wildman–Crippen LogP) is 2.13. The van der Waals surface area contributed by atoms with Crippen molar-refractivity contribution >= 4 is 10.9 Å². The first-order chi connectivity index (χ1) is 7.27. The lowest BCUT2D eigenvalue weighted by atomic mass is 10.0. The third-order valence-corrected chi connectivity index (χ3v) is 3.44. The third kappa shape index (κ3) is 1.21. The maximum atomic E-state index is 3.44. The van der Waals surface area contributed by atoms with Gasteiger partial charge in [-0.2, -0.15) is 0 Å². The molecule has 78 valence electrons. The quantitative estimate of drug-likeness (QED) is 0.689. The number of aromatic nitrogens is 1. The Morgan fingerprint density at radius 2 is 2.20 bits per heavy atom. The molecule has 2 heterocycles. The normalized spacial score (nSPS) is 15.6. The molecule has 0 aliphatic carbocycles. The van der Waals surface area contributed by atoms with E-state index in [1.54, 1.807) is 5.56 Å². The molecule has 0 saturated carbocycles. The molecule has 1 aromatic carbocycles. The van der Waals surface area contributed by atoms with Gasteiger partial charge in [0.2, 0.25) is 0 Å². The summed E-state index contributed by atoms with van der Waals surface area (Å²) in [7, 11) is 2.17. The van der Waals surface area contributed by atoms with E-state index in [-0.39, 0.29) is 0 Å². The molecule has 2 heteroatoms. The first-order valence-electron chi connectivity index (χ1n) is 5.55. The second-order valence-corrected chi connectivity index (χ2v) is 4.43. The molecule has 0 amide bonds. The van der Waals surface area contributed by atoms with E-state index >= 15 is 0 Å². The van der Waals surface area contributed by atoms with Crippen LogP contribution in [0.25, 0.3) is 10.9 Å². The molecule has 1 aromatic heterocycles. The Hall–Kier alpha value is -1.28. The van der Waals surface area contributed by atoms with Crippen molar-refractivity contribution in [3.8, 4) is 0 Å². The van der Waals surface area contributed by atoms with Gasteiger partial charge in [0, 0.05) is 30.2 Å². The molecule has 0 spiro atoms. The average Bonchev–Trinajstić information content (AvgIpc) is 2.54. The lowest BCUT2D eigenvalue weighted by Crippen LogP contribution is -2.24. The molecule has 15 heavy (non-hydrogen) atoms. The first kappa shape index (κ1) is 8.98. The van der Waals surface area contributed by atoms with Crippen LogP contribution in [0.1, 0.15) is 16.8 Å². The maximum Gasteiger partial charge on any atom is 0.0485 e. The lowest BCUT2D eigenvalue weighted by Gasteiger charge is -2.14. The minimum absolute atomic E-state index is 1.01. The van der Waals surface area contributed by atoms with Crippen LogP contribution in [-0.2, 0) is 20.0 Å². The van der Waals surface area contributed by atoms with Gasteiger partial charge in [0.1, 0.15) is 0 Å². The summed E-state index contributed by atoms with van der Waals surface area (Å²) < 4.78 is 2.34. The number of benzene rings is 1. The number of rotatable bonds is 0. The van der Waals surface area contributed by atoms with Gasteiger partial charge in [-0.05, 0) is 37.1 Å². The molecule has 2 aromatic rings. The number of nitrogens with one attached hydrogen (secondary N) is 1. The van der Waals surface area contributed by atoms with E-state index in [4.69, 9.17) is 0 Å². The molecule has 0 atom stereocenters. The van der Waals surface area contributed by atoms with Crippen molar-refractivity contribution in [2.45, 2.75) is 19.9 Å². The Morgan fingerprint density at radius 3 is 3.07 bits per heavy atom. The van der Waals surface area contributed by atoms with Gasteiger partial charge in [0.15, 0.2) is 0 Å². The SMILES string of the molecule is Cc1ccc2c3c(n(C)c2c1)CNCC3. The number of aryl methyl sites for hydroxylation is 2. The van der Waals surface area contributed by atoms with Crippen LogP contribution in [0.4, 0.5) is 0 Å². The Kier molecular flexibility index (Phi) is 1.86. The number of hydrogen-bond donors (Lipinski definition) is 1. The summed E-state index contributed by atoms with van der Waals surface area (Å²) in [4.78, 5) is 0. The van der Waals surface area contributed by atoms with E-state index in [2.05, 4.69) is 42.1 Å². The highest BCUT2D eigenvalue weighted by atomic mass is 15.0. The number of nitrogens with zero attached hydrogens (tertiary/aromatic N) is 1. The Bertz CT molecular complexity index is 523. The van der Waals surface area contributed by atoms with Crippen molar-refractivity contribution in [2.24, 2.45) is 7.05 Å². The monoisotopic (exact) mass is 200 g/mol. The van der Waals surface area contributed by atoms with E-state index in [0.717, 1.165) is 19.5 Å². The van der Waals surface area contributed by atoms with Crippen LogP contribution < -0.4 is 5.32 Å². The molecular formula is C13H16N2. The van der Waals surface area contributed by atoms with Gasteiger partial charge in [0.25, 0.3) is 0 Å². The number of fused-ring (bicyclic) bond motifs is 3. The second kappa shape index (κ2) is 3.11. The number of hydrogen-bond acceptors (Lipinski definition) is 1. The largest absolute Gasteiger partial charge is 0.346 e. The van der Waals surface area contributed by atoms with Crippen LogP contribution in [0.2, 0.25) is 0 Å². The van der Waals surface area contributed by atoms with E-state index in [0.29, 0.717) is 0 Å². The van der Waals surface area contributed by atoms with Crippen LogP contribution in [0.3, 0.4) is 0 Å². The minimum Gasteiger partial charge on any atom is -0.346 e. The summed E-state index contributed by atoms with van der Waals surface area (Å²) in [6.45, 7) is 4.28. The standard InChI is InChI=1S/C13H16N2/c1-9-3-4-10-11-5-6-14-8-13(11)15(2)12(10)7-9/h3-4,7,14H,5-6,8H2,1-2H3. The van der Waals surface area contributed by atoms with E-state index in [1.165, 1.54) is 22.2 Å². The van der Waals surface area contributed by atoms with Gasteiger partial charge < -0.3 is 9.88 Å². The molecule has 2 nitrogen and oxygen atoms in total. The summed E-state index contributed by atoms with van der Waals surface area (Å²) in [6, 6.07) is 6.77. The summed E-state index contributed by atoms with van der Waals surface area (Å²) in [5.74, 6) is 0. The summed E-state index contributed by atoms with van der Waals surface area (Å²) in [5.41, 5.74) is 5.73. The fourth-order valence-corrected chi connectivity index (χ4v) is 2.60. The zero-order valence-corrected chi connectivity index (χ0v) is 9.30. The maximum absolute atomic E-state index is 3.44. The van der Waals surface area contributed by atoms with Gasteiger partial charge in [-0.3, -0.25) is 0 Å². The summed E-state index contributed by atoms with van der Waals surface area (Å²) in [6.07, 6.45) is 1.16.